The Balaban J connectivity index is 2.15. The van der Waals surface area contributed by atoms with Crippen LogP contribution in [0, 0.1) is 5.92 Å². The van der Waals surface area contributed by atoms with Gasteiger partial charge in [-0.25, -0.2) is 4.98 Å². The van der Waals surface area contributed by atoms with Gasteiger partial charge in [-0.2, -0.15) is 0 Å². The first-order valence-electron chi connectivity index (χ1n) is 7.03. The third-order valence-electron chi connectivity index (χ3n) is 3.20. The maximum absolute atomic E-state index is 12.3. The fourth-order valence-corrected chi connectivity index (χ4v) is 2.30. The fraction of sp³-hybridized carbons (Fsp3) is 0.294. The second-order valence-corrected chi connectivity index (χ2v) is 5.82. The molecule has 0 saturated carbocycles. The number of benzene rings is 1. The Morgan fingerprint density at radius 2 is 1.90 bits per heavy atom. The van der Waals surface area contributed by atoms with Crippen LogP contribution in [-0.2, 0) is 0 Å². The minimum absolute atomic E-state index is 0.00521. The molecule has 0 bridgehead atoms. The third kappa shape index (κ3) is 4.57. The standard InChI is InChI=1S/C17H19ClN2O/c1-12(2)10-15(13-6-4-3-5-7-13)20-17(21)14-8-9-16(18)19-11-14/h3-9,11-12,15H,10H2,1-2H3,(H,20,21). The molecule has 0 radical (unpaired) electrons. The Hall–Kier alpha value is -1.87. The van der Waals surface area contributed by atoms with E-state index in [0.717, 1.165) is 12.0 Å². The summed E-state index contributed by atoms with van der Waals surface area (Å²) < 4.78 is 0. The van der Waals surface area contributed by atoms with Crippen LogP contribution in [0.2, 0.25) is 5.15 Å². The maximum Gasteiger partial charge on any atom is 0.253 e. The van der Waals surface area contributed by atoms with Gasteiger partial charge in [0.05, 0.1) is 11.6 Å². The number of halogens is 1. The molecule has 1 unspecified atom stereocenters. The van der Waals surface area contributed by atoms with E-state index in [-0.39, 0.29) is 11.9 Å². The molecule has 3 nitrogen and oxygen atoms in total. The van der Waals surface area contributed by atoms with Gasteiger partial charge in [0, 0.05) is 6.20 Å². The van der Waals surface area contributed by atoms with Gasteiger partial charge in [0.15, 0.2) is 0 Å². The van der Waals surface area contributed by atoms with Crippen molar-refractivity contribution in [3.05, 3.63) is 64.9 Å². The van der Waals surface area contributed by atoms with Crippen LogP contribution in [-0.4, -0.2) is 10.9 Å². The van der Waals surface area contributed by atoms with Crippen LogP contribution in [0.1, 0.15) is 42.2 Å². The van der Waals surface area contributed by atoms with Crippen LogP contribution in [0.4, 0.5) is 0 Å². The highest BCUT2D eigenvalue weighted by molar-refractivity contribution is 6.29. The molecule has 110 valence electrons. The molecule has 21 heavy (non-hydrogen) atoms. The van der Waals surface area contributed by atoms with Gasteiger partial charge >= 0.3 is 0 Å². The van der Waals surface area contributed by atoms with Gasteiger partial charge in [-0.1, -0.05) is 55.8 Å². The van der Waals surface area contributed by atoms with Gasteiger partial charge in [0.1, 0.15) is 5.15 Å². The van der Waals surface area contributed by atoms with Crippen LogP contribution < -0.4 is 5.32 Å². The normalized spacial score (nSPS) is 12.2. The number of pyridine rings is 1. The van der Waals surface area contributed by atoms with Crippen LogP contribution in [0.15, 0.2) is 48.7 Å². The van der Waals surface area contributed by atoms with Crippen molar-refractivity contribution in [2.24, 2.45) is 5.92 Å². The van der Waals surface area contributed by atoms with Gasteiger partial charge in [-0.05, 0) is 30.0 Å². The quantitative estimate of drug-likeness (QED) is 0.839. The zero-order valence-corrected chi connectivity index (χ0v) is 13.0. The van der Waals surface area contributed by atoms with Crippen molar-refractivity contribution in [1.82, 2.24) is 10.3 Å². The van der Waals surface area contributed by atoms with Crippen molar-refractivity contribution < 1.29 is 4.79 Å². The lowest BCUT2D eigenvalue weighted by molar-refractivity contribution is 0.0931. The predicted molar refractivity (Wildman–Crippen MR) is 85.4 cm³/mol. The van der Waals surface area contributed by atoms with Gasteiger partial charge in [-0.3, -0.25) is 4.79 Å². The number of carbonyl (C=O) groups is 1. The topological polar surface area (TPSA) is 42.0 Å². The summed E-state index contributed by atoms with van der Waals surface area (Å²) in [6.45, 7) is 4.29. The van der Waals surface area contributed by atoms with Gasteiger partial charge in [0.2, 0.25) is 0 Å². The van der Waals surface area contributed by atoms with E-state index >= 15 is 0 Å². The molecule has 1 heterocycles. The van der Waals surface area contributed by atoms with Crippen LogP contribution >= 0.6 is 11.6 Å². The number of aromatic nitrogens is 1. The van der Waals surface area contributed by atoms with E-state index in [0.29, 0.717) is 16.6 Å². The highest BCUT2D eigenvalue weighted by Gasteiger charge is 2.17. The molecule has 1 aromatic carbocycles. The monoisotopic (exact) mass is 302 g/mol. The average Bonchev–Trinajstić information content (AvgIpc) is 2.47. The lowest BCUT2D eigenvalue weighted by atomic mass is 9.97. The first-order valence-corrected chi connectivity index (χ1v) is 7.41. The second-order valence-electron chi connectivity index (χ2n) is 5.44. The summed E-state index contributed by atoms with van der Waals surface area (Å²) in [5.41, 5.74) is 1.63. The number of rotatable bonds is 5. The minimum atomic E-state index is -0.131. The van der Waals surface area contributed by atoms with E-state index in [1.54, 1.807) is 12.1 Å². The van der Waals surface area contributed by atoms with Crippen molar-refractivity contribution in [1.29, 1.82) is 0 Å². The Kier molecular flexibility index (Phi) is 5.34. The highest BCUT2D eigenvalue weighted by Crippen LogP contribution is 2.21. The molecule has 4 heteroatoms. The second kappa shape index (κ2) is 7.23. The maximum atomic E-state index is 12.3. The molecular formula is C17H19ClN2O. The van der Waals surface area contributed by atoms with Gasteiger partial charge in [0.25, 0.3) is 5.91 Å². The molecule has 2 aromatic rings. The summed E-state index contributed by atoms with van der Waals surface area (Å²) in [4.78, 5) is 16.3. The zero-order valence-electron chi connectivity index (χ0n) is 12.2. The van der Waals surface area contributed by atoms with Crippen molar-refractivity contribution in [2.45, 2.75) is 26.3 Å². The first-order chi connectivity index (χ1) is 10.1. The number of hydrogen-bond donors (Lipinski definition) is 1. The van der Waals surface area contributed by atoms with E-state index < -0.39 is 0 Å². The molecule has 0 aliphatic carbocycles. The van der Waals surface area contributed by atoms with E-state index in [4.69, 9.17) is 11.6 Å². The summed E-state index contributed by atoms with van der Waals surface area (Å²) in [5.74, 6) is 0.354. The number of nitrogens with zero attached hydrogens (tertiary/aromatic N) is 1. The van der Waals surface area contributed by atoms with Gasteiger partial charge in [-0.15, -0.1) is 0 Å². The molecule has 2 rings (SSSR count). The van der Waals surface area contributed by atoms with Crippen molar-refractivity contribution in [2.75, 3.05) is 0 Å². The first kappa shape index (κ1) is 15.5. The molecule has 1 aromatic heterocycles. The lowest BCUT2D eigenvalue weighted by Gasteiger charge is -2.21. The number of nitrogens with one attached hydrogen (secondary N) is 1. The van der Waals surface area contributed by atoms with Gasteiger partial charge < -0.3 is 5.32 Å². The Morgan fingerprint density at radius 3 is 2.48 bits per heavy atom. The predicted octanol–water partition coefficient (Wildman–Crippen LogP) is 4.25. The summed E-state index contributed by atoms with van der Waals surface area (Å²) in [7, 11) is 0. The lowest BCUT2D eigenvalue weighted by Crippen LogP contribution is -2.29. The molecule has 1 N–H and O–H groups in total. The highest BCUT2D eigenvalue weighted by atomic mass is 35.5. The zero-order chi connectivity index (χ0) is 15.2. The van der Waals surface area contributed by atoms with E-state index in [1.165, 1.54) is 6.20 Å². The molecule has 0 fully saturated rings. The molecule has 1 amide bonds. The fourth-order valence-electron chi connectivity index (χ4n) is 2.19. The Labute approximate surface area is 130 Å². The van der Waals surface area contributed by atoms with E-state index in [2.05, 4.69) is 24.1 Å². The average molecular weight is 303 g/mol. The molecule has 0 aliphatic rings. The van der Waals surface area contributed by atoms with Crippen LogP contribution in [0.3, 0.4) is 0 Å². The van der Waals surface area contributed by atoms with Crippen molar-refractivity contribution in [3.63, 3.8) is 0 Å². The summed E-state index contributed by atoms with van der Waals surface area (Å²) in [6, 6.07) is 13.3. The van der Waals surface area contributed by atoms with E-state index in [1.807, 2.05) is 30.3 Å². The summed E-state index contributed by atoms with van der Waals surface area (Å²) in [5, 5.41) is 3.46. The van der Waals surface area contributed by atoms with E-state index in [9.17, 15) is 4.79 Å². The number of hydrogen-bond acceptors (Lipinski definition) is 2. The number of carbonyl (C=O) groups excluding carboxylic acids is 1. The molecule has 0 saturated heterocycles. The van der Waals surface area contributed by atoms with Crippen molar-refractivity contribution in [3.8, 4) is 0 Å². The minimum Gasteiger partial charge on any atom is -0.345 e. The summed E-state index contributed by atoms with van der Waals surface area (Å²) >= 11 is 5.74. The number of amides is 1. The van der Waals surface area contributed by atoms with Crippen LogP contribution in [0.25, 0.3) is 0 Å². The molecular weight excluding hydrogens is 284 g/mol. The molecule has 1 atom stereocenters. The molecule has 0 spiro atoms. The smallest absolute Gasteiger partial charge is 0.253 e. The van der Waals surface area contributed by atoms with Crippen LogP contribution in [0.5, 0.6) is 0 Å². The molecule has 0 aliphatic heterocycles. The SMILES string of the molecule is CC(C)CC(NC(=O)c1ccc(Cl)nc1)c1ccccc1. The van der Waals surface area contributed by atoms with Crippen molar-refractivity contribution >= 4 is 17.5 Å². The third-order valence-corrected chi connectivity index (χ3v) is 3.43. The largest absolute Gasteiger partial charge is 0.345 e. The Bertz CT molecular complexity index is 581. The Morgan fingerprint density at radius 1 is 1.19 bits per heavy atom. The summed E-state index contributed by atoms with van der Waals surface area (Å²) in [6.07, 6.45) is 2.38.